The predicted molar refractivity (Wildman–Crippen MR) is 111 cm³/mol. The van der Waals surface area contributed by atoms with E-state index in [2.05, 4.69) is 5.10 Å². The van der Waals surface area contributed by atoms with Crippen molar-refractivity contribution in [3.05, 3.63) is 76.1 Å². The van der Waals surface area contributed by atoms with E-state index in [9.17, 15) is 4.79 Å². The highest BCUT2D eigenvalue weighted by Gasteiger charge is 2.21. The van der Waals surface area contributed by atoms with Crippen molar-refractivity contribution < 1.29 is 19.0 Å². The third kappa shape index (κ3) is 4.42. The van der Waals surface area contributed by atoms with Gasteiger partial charge in [0.15, 0.2) is 11.5 Å². The van der Waals surface area contributed by atoms with Crippen molar-refractivity contribution in [2.75, 3.05) is 14.2 Å². The molecule has 29 heavy (non-hydrogen) atoms. The molecule has 0 bridgehead atoms. The highest BCUT2D eigenvalue weighted by atomic mass is 16.5. The van der Waals surface area contributed by atoms with Gasteiger partial charge in [0.25, 0.3) is 0 Å². The molecule has 0 amide bonds. The normalized spacial score (nSPS) is 10.7. The van der Waals surface area contributed by atoms with Crippen LogP contribution in [0.25, 0.3) is 0 Å². The summed E-state index contributed by atoms with van der Waals surface area (Å²) in [5, 5.41) is 4.53. The topological polar surface area (TPSA) is 62.6 Å². The molecule has 0 atom stereocenters. The molecule has 0 fully saturated rings. The number of aryl methyl sites for hydroxylation is 2. The number of aromatic nitrogens is 2. The minimum atomic E-state index is -0.381. The van der Waals surface area contributed by atoms with E-state index in [1.165, 1.54) is 0 Å². The minimum absolute atomic E-state index is 0.147. The zero-order chi connectivity index (χ0) is 21.0. The fourth-order valence-electron chi connectivity index (χ4n) is 3.30. The van der Waals surface area contributed by atoms with E-state index in [1.54, 1.807) is 14.2 Å². The Morgan fingerprint density at radius 3 is 2.31 bits per heavy atom. The smallest absolute Gasteiger partial charge is 0.342 e. The Balaban J connectivity index is 1.76. The fraction of sp³-hybridized carbons (Fsp3) is 0.304. The van der Waals surface area contributed by atoms with E-state index in [0.29, 0.717) is 29.3 Å². The quantitative estimate of drug-likeness (QED) is 0.561. The van der Waals surface area contributed by atoms with Crippen molar-refractivity contribution >= 4 is 5.97 Å². The average molecular weight is 394 g/mol. The Morgan fingerprint density at radius 1 is 1.00 bits per heavy atom. The number of hydrogen-bond donors (Lipinski definition) is 0. The van der Waals surface area contributed by atoms with Gasteiger partial charge in [-0.25, -0.2) is 4.79 Å². The van der Waals surface area contributed by atoms with Crippen molar-refractivity contribution in [3.63, 3.8) is 0 Å². The van der Waals surface area contributed by atoms with Crippen LogP contribution >= 0.6 is 0 Å². The molecule has 0 aliphatic carbocycles. The van der Waals surface area contributed by atoms with Crippen molar-refractivity contribution in [3.8, 4) is 11.5 Å². The number of carbonyl (C=O) groups excluding carboxylic acids is 1. The lowest BCUT2D eigenvalue weighted by molar-refractivity contribution is 0.0470. The van der Waals surface area contributed by atoms with Gasteiger partial charge in [-0.1, -0.05) is 30.3 Å². The molecule has 0 saturated carbocycles. The standard InChI is InChI=1S/C23H26N2O4/c1-15-11-20(27-4)21(28-5)12-19(15)14-29-23(26)22-16(2)24-25(17(22)3)13-18-9-7-6-8-10-18/h6-12H,13-14H2,1-5H3. The van der Waals surface area contributed by atoms with Crippen molar-refractivity contribution in [2.45, 2.75) is 33.9 Å². The summed E-state index contributed by atoms with van der Waals surface area (Å²) in [6.07, 6.45) is 0. The number of benzene rings is 2. The van der Waals surface area contributed by atoms with Gasteiger partial charge in [0, 0.05) is 0 Å². The molecule has 6 heteroatoms. The third-order valence-corrected chi connectivity index (χ3v) is 4.96. The Morgan fingerprint density at radius 2 is 1.66 bits per heavy atom. The van der Waals surface area contributed by atoms with E-state index in [0.717, 1.165) is 22.4 Å². The number of rotatable bonds is 7. The molecule has 3 rings (SSSR count). The molecule has 0 saturated heterocycles. The first kappa shape index (κ1) is 20.5. The van der Waals surface area contributed by atoms with E-state index in [1.807, 2.05) is 67.9 Å². The van der Waals surface area contributed by atoms with Crippen LogP contribution in [0.1, 0.15) is 38.4 Å². The van der Waals surface area contributed by atoms with Crippen LogP contribution in [-0.2, 0) is 17.9 Å². The molecular formula is C23H26N2O4. The molecule has 1 aromatic heterocycles. The Hall–Kier alpha value is -3.28. The first-order valence-corrected chi connectivity index (χ1v) is 9.41. The molecule has 0 aliphatic rings. The maximum Gasteiger partial charge on any atom is 0.342 e. The fourth-order valence-corrected chi connectivity index (χ4v) is 3.30. The summed E-state index contributed by atoms with van der Waals surface area (Å²) in [6.45, 7) is 6.41. The predicted octanol–water partition coefficient (Wildman–Crippen LogP) is 4.23. The summed E-state index contributed by atoms with van der Waals surface area (Å²) >= 11 is 0. The first-order chi connectivity index (χ1) is 13.9. The third-order valence-electron chi connectivity index (χ3n) is 4.96. The number of methoxy groups -OCH3 is 2. The van der Waals surface area contributed by atoms with Crippen molar-refractivity contribution in [1.82, 2.24) is 9.78 Å². The van der Waals surface area contributed by atoms with Crippen LogP contribution in [0.4, 0.5) is 0 Å². The summed E-state index contributed by atoms with van der Waals surface area (Å²) in [6, 6.07) is 13.7. The molecule has 152 valence electrons. The van der Waals surface area contributed by atoms with Gasteiger partial charge in [0.1, 0.15) is 12.2 Å². The van der Waals surface area contributed by atoms with Crippen LogP contribution < -0.4 is 9.47 Å². The van der Waals surface area contributed by atoms with Gasteiger partial charge in [0.2, 0.25) is 0 Å². The second-order valence-electron chi connectivity index (χ2n) is 6.90. The largest absolute Gasteiger partial charge is 0.493 e. The Bertz CT molecular complexity index is 1010. The molecule has 0 spiro atoms. The lowest BCUT2D eigenvalue weighted by Crippen LogP contribution is -2.10. The van der Waals surface area contributed by atoms with Gasteiger partial charge in [-0.2, -0.15) is 5.10 Å². The van der Waals surface area contributed by atoms with Gasteiger partial charge in [-0.05, 0) is 49.6 Å². The van der Waals surface area contributed by atoms with Crippen molar-refractivity contribution in [2.24, 2.45) is 0 Å². The average Bonchev–Trinajstić information content (AvgIpc) is 3.00. The van der Waals surface area contributed by atoms with Crippen LogP contribution in [0.3, 0.4) is 0 Å². The zero-order valence-electron chi connectivity index (χ0n) is 17.5. The maximum atomic E-state index is 12.8. The van der Waals surface area contributed by atoms with Crippen LogP contribution in [0.5, 0.6) is 11.5 Å². The highest BCUT2D eigenvalue weighted by Crippen LogP contribution is 2.30. The molecule has 0 radical (unpaired) electrons. The molecule has 0 N–H and O–H groups in total. The van der Waals surface area contributed by atoms with Crippen LogP contribution in [-0.4, -0.2) is 30.0 Å². The Kier molecular flexibility index (Phi) is 6.22. The number of hydrogen-bond acceptors (Lipinski definition) is 5. The van der Waals surface area contributed by atoms with Crippen LogP contribution in [0.2, 0.25) is 0 Å². The zero-order valence-corrected chi connectivity index (χ0v) is 17.5. The summed E-state index contributed by atoms with van der Waals surface area (Å²) in [4.78, 5) is 12.8. The molecular weight excluding hydrogens is 368 g/mol. The second-order valence-corrected chi connectivity index (χ2v) is 6.90. The van der Waals surface area contributed by atoms with E-state index < -0.39 is 0 Å². The number of ether oxygens (including phenoxy) is 3. The van der Waals surface area contributed by atoms with Gasteiger partial charge in [-0.3, -0.25) is 4.68 Å². The highest BCUT2D eigenvalue weighted by molar-refractivity contribution is 5.91. The van der Waals surface area contributed by atoms with E-state index in [4.69, 9.17) is 14.2 Å². The molecule has 3 aromatic rings. The summed E-state index contributed by atoms with van der Waals surface area (Å²) in [5.74, 6) is 0.870. The molecule has 1 heterocycles. The van der Waals surface area contributed by atoms with E-state index >= 15 is 0 Å². The summed E-state index contributed by atoms with van der Waals surface area (Å²) in [5.41, 5.74) is 4.91. The second kappa shape index (κ2) is 8.82. The van der Waals surface area contributed by atoms with Crippen LogP contribution in [0.15, 0.2) is 42.5 Å². The maximum absolute atomic E-state index is 12.8. The minimum Gasteiger partial charge on any atom is -0.493 e. The summed E-state index contributed by atoms with van der Waals surface area (Å²) in [7, 11) is 3.17. The molecule has 6 nitrogen and oxygen atoms in total. The van der Waals surface area contributed by atoms with Gasteiger partial charge in [0.05, 0.1) is 32.2 Å². The molecule has 2 aromatic carbocycles. The van der Waals surface area contributed by atoms with Crippen LogP contribution in [0, 0.1) is 20.8 Å². The summed E-state index contributed by atoms with van der Waals surface area (Å²) < 4.78 is 18.1. The molecule has 0 unspecified atom stereocenters. The number of nitrogens with zero attached hydrogens (tertiary/aromatic N) is 2. The monoisotopic (exact) mass is 394 g/mol. The number of carbonyl (C=O) groups is 1. The van der Waals surface area contributed by atoms with Gasteiger partial charge >= 0.3 is 5.97 Å². The lowest BCUT2D eigenvalue weighted by atomic mass is 10.1. The SMILES string of the molecule is COc1cc(C)c(COC(=O)c2c(C)nn(Cc3ccccc3)c2C)cc1OC. The number of esters is 1. The Labute approximate surface area is 171 Å². The van der Waals surface area contributed by atoms with Gasteiger partial charge in [-0.15, -0.1) is 0 Å². The van der Waals surface area contributed by atoms with Gasteiger partial charge < -0.3 is 14.2 Å². The van der Waals surface area contributed by atoms with Crippen molar-refractivity contribution in [1.29, 1.82) is 0 Å². The van der Waals surface area contributed by atoms with E-state index in [-0.39, 0.29) is 12.6 Å². The molecule has 0 aliphatic heterocycles. The lowest BCUT2D eigenvalue weighted by Gasteiger charge is -2.13. The first-order valence-electron chi connectivity index (χ1n) is 9.41.